The number of hydrogen-bond donors (Lipinski definition) is 2. The topological polar surface area (TPSA) is 76.7 Å². The largest absolute Gasteiger partial charge is 0.501 e. The Morgan fingerprint density at radius 3 is 2.79 bits per heavy atom. The van der Waals surface area contributed by atoms with Gasteiger partial charge in [-0.25, -0.2) is 4.79 Å². The maximum atomic E-state index is 11.7. The maximum absolute atomic E-state index is 11.7. The lowest BCUT2D eigenvalue weighted by Gasteiger charge is -2.07. The van der Waals surface area contributed by atoms with E-state index in [1.165, 1.54) is 6.26 Å². The third-order valence-corrected chi connectivity index (χ3v) is 2.59. The molecule has 1 aromatic carbocycles. The van der Waals surface area contributed by atoms with Crippen LogP contribution in [0, 0.1) is 0 Å². The van der Waals surface area contributed by atoms with Crippen LogP contribution in [0.4, 0.5) is 0 Å². The lowest BCUT2D eigenvalue weighted by Crippen LogP contribution is -2.38. The molecule has 0 aliphatic carbocycles. The third kappa shape index (κ3) is 5.54. The Bertz CT molecular complexity index is 477. The molecule has 2 N–H and O–H groups in total. The quantitative estimate of drug-likeness (QED) is 0.472. The molecule has 0 fully saturated rings. The van der Waals surface area contributed by atoms with Crippen molar-refractivity contribution in [3.05, 3.63) is 46.6 Å². The highest BCUT2D eigenvalue weighted by Crippen LogP contribution is 2.14. The number of hydrazine groups is 1. The standard InChI is InChI=1S/C12H13BrN2O4/c1-2-18-8-7-11(16)19-15-14-12(17)9-5-3-4-6-10(9)13/h3-8,15H,2H2,1H3,(H,14,17). The van der Waals surface area contributed by atoms with Crippen LogP contribution in [-0.2, 0) is 14.4 Å². The molecule has 6 nitrogen and oxygen atoms in total. The molecular weight excluding hydrogens is 316 g/mol. The number of hydrogen-bond acceptors (Lipinski definition) is 5. The number of nitrogens with one attached hydrogen (secondary N) is 2. The van der Waals surface area contributed by atoms with Crippen LogP contribution >= 0.6 is 15.9 Å². The minimum absolute atomic E-state index is 0.413. The van der Waals surface area contributed by atoms with Crippen molar-refractivity contribution in [1.29, 1.82) is 0 Å². The zero-order valence-electron chi connectivity index (χ0n) is 10.2. The smallest absolute Gasteiger partial charge is 0.354 e. The lowest BCUT2D eigenvalue weighted by atomic mass is 10.2. The van der Waals surface area contributed by atoms with Crippen molar-refractivity contribution in [3.63, 3.8) is 0 Å². The lowest BCUT2D eigenvalue weighted by molar-refractivity contribution is -0.146. The number of benzene rings is 1. The first kappa shape index (κ1) is 15.2. The highest BCUT2D eigenvalue weighted by Gasteiger charge is 2.08. The van der Waals surface area contributed by atoms with Gasteiger partial charge in [0.15, 0.2) is 0 Å². The Balaban J connectivity index is 2.36. The predicted molar refractivity (Wildman–Crippen MR) is 71.6 cm³/mol. The van der Waals surface area contributed by atoms with Crippen LogP contribution in [0.5, 0.6) is 0 Å². The molecule has 102 valence electrons. The van der Waals surface area contributed by atoms with E-state index in [1.807, 2.05) is 0 Å². The van der Waals surface area contributed by atoms with E-state index in [2.05, 4.69) is 31.8 Å². The van der Waals surface area contributed by atoms with Crippen LogP contribution in [-0.4, -0.2) is 18.5 Å². The summed E-state index contributed by atoms with van der Waals surface area (Å²) in [5.41, 5.74) is 4.70. The normalized spacial score (nSPS) is 10.2. The highest BCUT2D eigenvalue weighted by molar-refractivity contribution is 9.10. The maximum Gasteiger partial charge on any atom is 0.354 e. The number of carbonyl (C=O) groups excluding carboxylic acids is 2. The second-order valence-electron chi connectivity index (χ2n) is 3.22. The average Bonchev–Trinajstić information content (AvgIpc) is 2.39. The molecule has 0 saturated heterocycles. The first-order chi connectivity index (χ1) is 9.15. The van der Waals surface area contributed by atoms with Gasteiger partial charge in [0.05, 0.1) is 24.5 Å². The van der Waals surface area contributed by atoms with Crippen molar-refractivity contribution in [1.82, 2.24) is 11.0 Å². The minimum Gasteiger partial charge on any atom is -0.501 e. The zero-order chi connectivity index (χ0) is 14.1. The van der Waals surface area contributed by atoms with E-state index in [0.717, 1.165) is 6.08 Å². The Morgan fingerprint density at radius 2 is 2.11 bits per heavy atom. The molecule has 19 heavy (non-hydrogen) atoms. The van der Waals surface area contributed by atoms with Crippen LogP contribution in [0.3, 0.4) is 0 Å². The Labute approximate surface area is 118 Å². The van der Waals surface area contributed by atoms with Crippen LogP contribution in [0.1, 0.15) is 17.3 Å². The van der Waals surface area contributed by atoms with Crippen LogP contribution in [0.2, 0.25) is 0 Å². The van der Waals surface area contributed by atoms with Gasteiger partial charge < -0.3 is 9.57 Å². The summed E-state index contributed by atoms with van der Waals surface area (Å²) in [7, 11) is 0. The summed E-state index contributed by atoms with van der Waals surface area (Å²) in [4.78, 5) is 27.3. The summed E-state index contributed by atoms with van der Waals surface area (Å²) in [6.07, 6.45) is 2.29. The minimum atomic E-state index is -0.694. The fourth-order valence-corrected chi connectivity index (χ4v) is 1.53. The molecule has 1 rings (SSSR count). The Hall–Kier alpha value is -1.86. The molecule has 0 atom stereocenters. The fourth-order valence-electron chi connectivity index (χ4n) is 1.07. The molecule has 7 heteroatoms. The van der Waals surface area contributed by atoms with Gasteiger partial charge in [0, 0.05) is 4.47 Å². The van der Waals surface area contributed by atoms with Crippen molar-refractivity contribution in [3.8, 4) is 0 Å². The van der Waals surface area contributed by atoms with Gasteiger partial charge in [0.25, 0.3) is 5.91 Å². The van der Waals surface area contributed by atoms with Gasteiger partial charge in [-0.2, -0.15) is 0 Å². The molecular formula is C12H13BrN2O4. The molecule has 0 aromatic heterocycles. The second kappa shape index (κ2) is 8.28. The summed E-state index contributed by atoms with van der Waals surface area (Å²) in [6, 6.07) is 6.85. The van der Waals surface area contributed by atoms with Gasteiger partial charge in [0.1, 0.15) is 0 Å². The summed E-state index contributed by atoms with van der Waals surface area (Å²) >= 11 is 3.24. The van der Waals surface area contributed by atoms with Crippen LogP contribution in [0.15, 0.2) is 41.1 Å². The summed E-state index contributed by atoms with van der Waals surface area (Å²) < 4.78 is 5.45. The van der Waals surface area contributed by atoms with Gasteiger partial charge in [-0.05, 0) is 35.0 Å². The molecule has 0 bridgehead atoms. The van der Waals surface area contributed by atoms with Crippen LogP contribution < -0.4 is 11.0 Å². The first-order valence-electron chi connectivity index (χ1n) is 5.44. The molecule has 0 unspecified atom stereocenters. The number of carbonyl (C=O) groups is 2. The SMILES string of the molecule is CCOC=CC(=O)ONNC(=O)c1ccccc1Br. The van der Waals surface area contributed by atoms with E-state index in [9.17, 15) is 9.59 Å². The fraction of sp³-hybridized carbons (Fsp3) is 0.167. The van der Waals surface area contributed by atoms with E-state index in [4.69, 9.17) is 4.74 Å². The number of halogens is 1. The van der Waals surface area contributed by atoms with Gasteiger partial charge in [-0.1, -0.05) is 17.7 Å². The Kier molecular flexibility index (Phi) is 6.62. The molecule has 0 spiro atoms. The van der Waals surface area contributed by atoms with Gasteiger partial charge >= 0.3 is 5.97 Å². The highest BCUT2D eigenvalue weighted by atomic mass is 79.9. The van der Waals surface area contributed by atoms with Gasteiger partial charge in [-0.3, -0.25) is 10.2 Å². The monoisotopic (exact) mass is 328 g/mol. The average molecular weight is 329 g/mol. The van der Waals surface area contributed by atoms with E-state index >= 15 is 0 Å². The Morgan fingerprint density at radius 1 is 1.37 bits per heavy atom. The molecule has 0 aliphatic heterocycles. The van der Waals surface area contributed by atoms with Crippen molar-refractivity contribution in [2.24, 2.45) is 0 Å². The summed E-state index contributed by atoms with van der Waals surface area (Å²) in [5.74, 6) is -1.13. The predicted octanol–water partition coefficient (Wildman–Crippen LogP) is 1.69. The molecule has 0 saturated carbocycles. The van der Waals surface area contributed by atoms with Crippen molar-refractivity contribution in [2.75, 3.05) is 6.61 Å². The van der Waals surface area contributed by atoms with E-state index in [0.29, 0.717) is 16.6 Å². The van der Waals surface area contributed by atoms with Crippen molar-refractivity contribution < 1.29 is 19.2 Å². The molecule has 1 amide bonds. The molecule has 0 heterocycles. The van der Waals surface area contributed by atoms with Crippen molar-refractivity contribution in [2.45, 2.75) is 6.92 Å². The molecule has 0 radical (unpaired) electrons. The molecule has 1 aromatic rings. The van der Waals surface area contributed by atoms with E-state index in [-0.39, 0.29) is 0 Å². The third-order valence-electron chi connectivity index (χ3n) is 1.90. The van der Waals surface area contributed by atoms with E-state index in [1.54, 1.807) is 31.2 Å². The molecule has 0 aliphatic rings. The van der Waals surface area contributed by atoms with Gasteiger partial charge in [-0.15, -0.1) is 0 Å². The number of rotatable bonds is 6. The summed E-state index contributed by atoms with van der Waals surface area (Å²) in [6.45, 7) is 2.24. The van der Waals surface area contributed by atoms with E-state index < -0.39 is 11.9 Å². The van der Waals surface area contributed by atoms with Crippen molar-refractivity contribution >= 4 is 27.8 Å². The second-order valence-corrected chi connectivity index (χ2v) is 4.07. The first-order valence-corrected chi connectivity index (χ1v) is 6.23. The van der Waals surface area contributed by atoms with Crippen LogP contribution in [0.25, 0.3) is 0 Å². The summed E-state index contributed by atoms with van der Waals surface area (Å²) in [5, 5.41) is 0. The number of amides is 1. The zero-order valence-corrected chi connectivity index (χ0v) is 11.8. The van der Waals surface area contributed by atoms with Gasteiger partial charge in [0.2, 0.25) is 0 Å². The number of ether oxygens (including phenoxy) is 1.